The highest BCUT2D eigenvalue weighted by atomic mass is 28.5. The van der Waals surface area contributed by atoms with Crippen molar-refractivity contribution in [3.63, 3.8) is 0 Å². The third kappa shape index (κ3) is 9.28. The van der Waals surface area contributed by atoms with Crippen LogP contribution in [0.25, 0.3) is 5.57 Å². The van der Waals surface area contributed by atoms with Gasteiger partial charge in [-0.05, 0) is 107 Å². The van der Waals surface area contributed by atoms with E-state index in [2.05, 4.69) is 68.1 Å². The number of hydrogen-bond donors (Lipinski definition) is 0. The maximum Gasteiger partial charge on any atom is 0.449 e. The molecule has 0 aliphatic rings. The molecule has 0 bridgehead atoms. The van der Waals surface area contributed by atoms with Crippen LogP contribution in [0.1, 0.15) is 98.6 Å². The minimum absolute atomic E-state index is 0.343. The van der Waals surface area contributed by atoms with E-state index in [-0.39, 0.29) is 0 Å². The Balaban J connectivity index is 4.61. The molecule has 1 aromatic carbocycles. The molecule has 9 nitrogen and oxygen atoms in total. The van der Waals surface area contributed by atoms with Crippen LogP contribution < -0.4 is 0 Å². The first-order valence-corrected chi connectivity index (χ1v) is 29.1. The molecule has 0 heterocycles. The maximum absolute atomic E-state index is 7.46. The van der Waals surface area contributed by atoms with Gasteiger partial charge in [0.2, 0.25) is 11.6 Å². The molecule has 0 saturated heterocycles. The summed E-state index contributed by atoms with van der Waals surface area (Å²) in [6, 6.07) is 0. The quantitative estimate of drug-likeness (QED) is 0.0703. The molecular weight excluding hydrogens is 773 g/mol. The minimum atomic E-state index is -3.94. The standard InChI is InChI=1S/C29H70O9Si10/c1-11-12-13-14-15-16-17-18-27(30-39,31-40)28(32-41,33-42)26(24(7)25-22(5)20(3)19(2)21(4)23(25)6)48(37-46,38-47(8,9)10)29(34-43,35-44)36-45/h11-18H2,1-10,39-46H3. The predicted molar refractivity (Wildman–Crippen MR) is 232 cm³/mol. The summed E-state index contributed by atoms with van der Waals surface area (Å²) >= 11 is 0. The number of unbranched alkanes of at least 4 members (excludes halogenated alkanes) is 6. The summed E-state index contributed by atoms with van der Waals surface area (Å²) in [6.45, 7) is 22.0. The first-order valence-electron chi connectivity index (χ1n) is 17.4. The van der Waals surface area contributed by atoms with Crippen LogP contribution in [0, 0.1) is 34.6 Å². The molecule has 0 aliphatic heterocycles. The lowest BCUT2D eigenvalue weighted by Gasteiger charge is -2.56. The lowest BCUT2D eigenvalue weighted by molar-refractivity contribution is -0.288. The second-order valence-electron chi connectivity index (χ2n) is 13.8. The Kier molecular flexibility index (Phi) is 19.8. The van der Waals surface area contributed by atoms with E-state index >= 15 is 0 Å². The summed E-state index contributed by atoms with van der Waals surface area (Å²) < 4.78 is 61.2. The van der Waals surface area contributed by atoms with Gasteiger partial charge in [0.05, 0.1) is 0 Å². The molecule has 1 rings (SSSR count). The van der Waals surface area contributed by atoms with Crippen LogP contribution in [0.5, 0.6) is 0 Å². The Morgan fingerprint density at radius 1 is 0.583 bits per heavy atom. The van der Waals surface area contributed by atoms with Gasteiger partial charge in [-0.3, -0.25) is 0 Å². The monoisotopic (exact) mass is 842 g/mol. The van der Waals surface area contributed by atoms with E-state index < -0.39 is 34.0 Å². The Bertz CT molecular complexity index is 1170. The Morgan fingerprint density at radius 2 is 1.00 bits per heavy atom. The van der Waals surface area contributed by atoms with Gasteiger partial charge in [-0.2, -0.15) is 0 Å². The summed E-state index contributed by atoms with van der Waals surface area (Å²) in [5.74, 6) is -2.64. The van der Waals surface area contributed by atoms with Crippen molar-refractivity contribution in [3.8, 4) is 0 Å². The zero-order valence-electron chi connectivity index (χ0n) is 33.8. The van der Waals surface area contributed by atoms with Crippen LogP contribution in [0.2, 0.25) is 19.6 Å². The first kappa shape index (κ1) is 46.8. The summed E-state index contributed by atoms with van der Waals surface area (Å²) in [4.78, 5) is 0. The molecule has 1 aromatic rings. The minimum Gasteiger partial charge on any atom is -0.437 e. The van der Waals surface area contributed by atoms with Crippen LogP contribution in [0.3, 0.4) is 0 Å². The number of rotatable bonds is 23. The van der Waals surface area contributed by atoms with Crippen LogP contribution >= 0.6 is 0 Å². The molecule has 0 amide bonds. The smallest absolute Gasteiger partial charge is 0.437 e. The third-order valence-corrected chi connectivity index (χ3v) is 24.2. The van der Waals surface area contributed by atoms with Crippen molar-refractivity contribution in [1.82, 2.24) is 0 Å². The normalized spacial score (nSPS) is 18.6. The molecule has 0 spiro atoms. The average molecular weight is 844 g/mol. The third-order valence-electron chi connectivity index (χ3n) is 10.2. The SMILES string of the molecule is CCCCCCCCCC(O[SiH3])(O[SiH3])C(O[SiH3])(O[SiH3])C(=C(C)c1c(C)c(C)c(C)c(C)c1C)[Si](O[SiH3])(O[Si](C)(C)C)C(O[SiH3])(O[SiH3])O[SiH3]. The molecule has 19 heteroatoms. The number of hydrogen-bond acceptors (Lipinski definition) is 9. The lowest BCUT2D eigenvalue weighted by Crippen LogP contribution is -2.76. The number of allylic oxidation sites excluding steroid dienone is 1. The molecule has 0 aliphatic carbocycles. The predicted octanol–water partition coefficient (Wildman–Crippen LogP) is -2.06. The van der Waals surface area contributed by atoms with Crippen molar-refractivity contribution in [1.29, 1.82) is 0 Å². The summed E-state index contributed by atoms with van der Waals surface area (Å²) in [6.07, 6.45) is 8.84. The van der Waals surface area contributed by atoms with E-state index in [1.807, 2.05) is 0 Å². The maximum atomic E-state index is 7.46. The van der Waals surface area contributed by atoms with Crippen molar-refractivity contribution in [2.24, 2.45) is 0 Å². The first-order chi connectivity index (χ1) is 22.5. The van der Waals surface area contributed by atoms with Crippen LogP contribution in [-0.2, 0) is 39.2 Å². The van der Waals surface area contributed by atoms with Gasteiger partial charge >= 0.3 is 8.56 Å². The highest BCUT2D eigenvalue weighted by Crippen LogP contribution is 2.52. The van der Waals surface area contributed by atoms with E-state index in [4.69, 9.17) is 39.2 Å². The number of benzene rings is 1. The zero-order chi connectivity index (χ0) is 37.1. The summed E-state index contributed by atoms with van der Waals surface area (Å²) in [5.41, 5.74) is 6.84. The van der Waals surface area contributed by atoms with Crippen molar-refractivity contribution >= 4 is 106 Å². The molecule has 48 heavy (non-hydrogen) atoms. The van der Waals surface area contributed by atoms with Gasteiger partial charge in [-0.15, -0.1) is 0 Å². The Morgan fingerprint density at radius 3 is 1.35 bits per heavy atom. The van der Waals surface area contributed by atoms with E-state index in [0.29, 0.717) is 90.3 Å². The molecular formula is C29H70O9Si10. The molecule has 0 N–H and O–H groups in total. The zero-order valence-corrected chi connectivity index (χ0v) is 51.8. The fourth-order valence-electron chi connectivity index (χ4n) is 7.34. The molecule has 1 unspecified atom stereocenters. The van der Waals surface area contributed by atoms with Crippen LogP contribution in [0.15, 0.2) is 5.20 Å². The second kappa shape index (κ2) is 20.3. The molecule has 1 atom stereocenters. The van der Waals surface area contributed by atoms with Gasteiger partial charge in [-0.1, -0.05) is 45.4 Å². The van der Waals surface area contributed by atoms with Gasteiger partial charge in [0, 0.05) is 11.6 Å². The molecule has 0 radical (unpaired) electrons. The van der Waals surface area contributed by atoms with Crippen molar-refractivity contribution in [2.45, 2.75) is 137 Å². The Hall–Kier alpha value is 0.769. The lowest BCUT2D eigenvalue weighted by atomic mass is 9.85. The molecule has 0 aromatic heterocycles. The van der Waals surface area contributed by atoms with Crippen molar-refractivity contribution in [2.75, 3.05) is 0 Å². The topological polar surface area (TPSA) is 83.1 Å². The van der Waals surface area contributed by atoms with Crippen molar-refractivity contribution in [3.05, 3.63) is 38.6 Å². The van der Waals surface area contributed by atoms with E-state index in [0.717, 1.165) is 29.2 Å². The summed E-state index contributed by atoms with van der Waals surface area (Å²) in [5, 5.41) is 0.767. The van der Waals surface area contributed by atoms with Crippen LogP contribution in [0.4, 0.5) is 0 Å². The van der Waals surface area contributed by atoms with E-state index in [1.54, 1.807) is 0 Å². The fraction of sp³-hybridized carbons (Fsp3) is 0.724. The highest BCUT2D eigenvalue weighted by Gasteiger charge is 2.72. The summed E-state index contributed by atoms with van der Waals surface area (Å²) in [7, 11) is -3.43. The van der Waals surface area contributed by atoms with E-state index in [1.165, 1.54) is 59.9 Å². The average Bonchev–Trinajstić information content (AvgIpc) is 3.07. The van der Waals surface area contributed by atoms with E-state index in [9.17, 15) is 0 Å². The van der Waals surface area contributed by atoms with Gasteiger partial charge in [0.1, 0.15) is 52.4 Å². The molecule has 280 valence electrons. The van der Waals surface area contributed by atoms with Gasteiger partial charge in [0.25, 0.3) is 5.60 Å². The van der Waals surface area contributed by atoms with Crippen LogP contribution in [-0.4, -0.2) is 118 Å². The van der Waals surface area contributed by atoms with Gasteiger partial charge < -0.3 is 39.2 Å². The largest absolute Gasteiger partial charge is 0.449 e. The van der Waals surface area contributed by atoms with Gasteiger partial charge in [0.15, 0.2) is 39.8 Å². The highest BCUT2D eigenvalue weighted by molar-refractivity contribution is 6.89. The molecule has 0 fully saturated rings. The fourth-order valence-corrected chi connectivity index (χ4v) is 25.3. The Labute approximate surface area is 319 Å². The van der Waals surface area contributed by atoms with Gasteiger partial charge in [-0.25, -0.2) is 0 Å². The molecule has 0 saturated carbocycles. The second-order valence-corrected chi connectivity index (χ2v) is 25.6. The van der Waals surface area contributed by atoms with Crippen molar-refractivity contribution < 1.29 is 39.2 Å².